The van der Waals surface area contributed by atoms with Crippen molar-refractivity contribution in [1.29, 1.82) is 0 Å². The van der Waals surface area contributed by atoms with Crippen LogP contribution in [0, 0.1) is 5.92 Å². The molecule has 0 aromatic carbocycles. The van der Waals surface area contributed by atoms with Crippen LogP contribution in [0.15, 0.2) is 0 Å². The largest absolute Gasteiger partial charge is 0.341 e. The Morgan fingerprint density at radius 2 is 1.86 bits per heavy atom. The molecule has 0 aromatic rings. The van der Waals surface area contributed by atoms with Gasteiger partial charge in [-0.25, -0.2) is 4.79 Å². The number of amides is 4. The Kier molecular flexibility index (Phi) is 4.54. The number of imide groups is 1. The van der Waals surface area contributed by atoms with Crippen molar-refractivity contribution in [3.05, 3.63) is 0 Å². The first kappa shape index (κ1) is 15.8. The van der Waals surface area contributed by atoms with E-state index < -0.39 is 11.6 Å². The molecule has 6 heteroatoms. The molecule has 1 saturated heterocycles. The molecule has 21 heavy (non-hydrogen) atoms. The number of nitrogens with zero attached hydrogens (tertiary/aromatic N) is 2. The van der Waals surface area contributed by atoms with Gasteiger partial charge in [-0.1, -0.05) is 13.8 Å². The van der Waals surface area contributed by atoms with Crippen molar-refractivity contribution in [3.8, 4) is 0 Å². The van der Waals surface area contributed by atoms with E-state index in [1.54, 1.807) is 11.8 Å². The monoisotopic (exact) mass is 295 g/mol. The molecule has 2 rings (SSSR count). The molecule has 2 fully saturated rings. The summed E-state index contributed by atoms with van der Waals surface area (Å²) < 4.78 is 0. The van der Waals surface area contributed by atoms with Crippen LogP contribution in [0.25, 0.3) is 0 Å². The molecule has 1 heterocycles. The lowest BCUT2D eigenvalue weighted by molar-refractivity contribution is -0.139. The lowest BCUT2D eigenvalue weighted by Gasteiger charge is -2.24. The van der Waals surface area contributed by atoms with Crippen LogP contribution in [0.3, 0.4) is 0 Å². The number of carbonyl (C=O) groups is 3. The highest BCUT2D eigenvalue weighted by atomic mass is 16.2. The minimum Gasteiger partial charge on any atom is -0.341 e. The van der Waals surface area contributed by atoms with Gasteiger partial charge >= 0.3 is 6.03 Å². The van der Waals surface area contributed by atoms with E-state index in [9.17, 15) is 14.4 Å². The third-order valence-corrected chi connectivity index (χ3v) is 4.33. The van der Waals surface area contributed by atoms with Gasteiger partial charge in [0.05, 0.1) is 0 Å². The molecule has 1 unspecified atom stereocenters. The van der Waals surface area contributed by atoms with Gasteiger partial charge in [0.15, 0.2) is 0 Å². The fraction of sp³-hybridized carbons (Fsp3) is 0.800. The summed E-state index contributed by atoms with van der Waals surface area (Å²) in [6, 6.07) is -0.435. The van der Waals surface area contributed by atoms with Gasteiger partial charge in [0.25, 0.3) is 5.91 Å². The number of hydrogen-bond donors (Lipinski definition) is 1. The van der Waals surface area contributed by atoms with Crippen molar-refractivity contribution in [2.45, 2.75) is 52.0 Å². The lowest BCUT2D eigenvalue weighted by atomic mass is 9.96. The van der Waals surface area contributed by atoms with Gasteiger partial charge in [-0.15, -0.1) is 0 Å². The number of nitrogens with one attached hydrogen (secondary N) is 1. The predicted molar refractivity (Wildman–Crippen MR) is 78.5 cm³/mol. The third-order valence-electron chi connectivity index (χ3n) is 4.33. The van der Waals surface area contributed by atoms with Crippen molar-refractivity contribution >= 4 is 17.8 Å². The zero-order valence-electron chi connectivity index (χ0n) is 13.1. The van der Waals surface area contributed by atoms with Crippen LogP contribution in [-0.2, 0) is 9.59 Å². The zero-order chi connectivity index (χ0) is 15.6. The summed E-state index contributed by atoms with van der Waals surface area (Å²) in [5, 5.41) is 2.77. The van der Waals surface area contributed by atoms with E-state index in [4.69, 9.17) is 0 Å². The van der Waals surface area contributed by atoms with E-state index in [-0.39, 0.29) is 24.3 Å². The fourth-order valence-corrected chi connectivity index (χ4v) is 2.93. The molecule has 4 amide bonds. The average Bonchev–Trinajstić information content (AvgIpc) is 3.25. The molecule has 1 saturated carbocycles. The second-order valence-electron chi connectivity index (χ2n) is 6.18. The summed E-state index contributed by atoms with van der Waals surface area (Å²) in [6.45, 7) is 6.96. The van der Waals surface area contributed by atoms with Crippen molar-refractivity contribution < 1.29 is 14.4 Å². The Bertz CT molecular complexity index is 441. The van der Waals surface area contributed by atoms with Crippen LogP contribution < -0.4 is 5.32 Å². The van der Waals surface area contributed by atoms with Crippen molar-refractivity contribution in [2.75, 3.05) is 19.6 Å². The second-order valence-corrected chi connectivity index (χ2v) is 6.18. The van der Waals surface area contributed by atoms with E-state index in [0.717, 1.165) is 30.6 Å². The third kappa shape index (κ3) is 3.04. The highest BCUT2D eigenvalue weighted by molar-refractivity contribution is 6.09. The topological polar surface area (TPSA) is 69.7 Å². The Labute approximate surface area is 125 Å². The van der Waals surface area contributed by atoms with Gasteiger partial charge in [0.1, 0.15) is 12.1 Å². The van der Waals surface area contributed by atoms with Gasteiger partial charge in [0.2, 0.25) is 5.91 Å². The second kappa shape index (κ2) is 6.03. The Morgan fingerprint density at radius 3 is 2.33 bits per heavy atom. The van der Waals surface area contributed by atoms with E-state index in [1.807, 2.05) is 13.8 Å². The summed E-state index contributed by atoms with van der Waals surface area (Å²) in [5.74, 6) is -0.185. The van der Waals surface area contributed by atoms with Gasteiger partial charge in [-0.2, -0.15) is 0 Å². The molecule has 0 bridgehead atoms. The average molecular weight is 295 g/mol. The first-order valence-electron chi connectivity index (χ1n) is 7.85. The van der Waals surface area contributed by atoms with E-state index >= 15 is 0 Å². The fourth-order valence-electron chi connectivity index (χ4n) is 2.93. The molecule has 1 N–H and O–H groups in total. The quantitative estimate of drug-likeness (QED) is 0.721. The first-order valence-corrected chi connectivity index (χ1v) is 7.85. The molecule has 1 aliphatic heterocycles. The normalized spacial score (nSPS) is 25.2. The first-order chi connectivity index (χ1) is 9.93. The summed E-state index contributed by atoms with van der Waals surface area (Å²) >= 11 is 0. The van der Waals surface area contributed by atoms with Crippen LogP contribution in [0.5, 0.6) is 0 Å². The molecule has 0 aromatic heterocycles. The van der Waals surface area contributed by atoms with Gasteiger partial charge in [0, 0.05) is 13.1 Å². The predicted octanol–water partition coefficient (Wildman–Crippen LogP) is 1.36. The Hall–Kier alpha value is -1.59. The molecule has 6 nitrogen and oxygen atoms in total. The van der Waals surface area contributed by atoms with Crippen LogP contribution in [0.4, 0.5) is 4.79 Å². The van der Waals surface area contributed by atoms with Crippen molar-refractivity contribution in [1.82, 2.24) is 15.1 Å². The van der Waals surface area contributed by atoms with Gasteiger partial charge in [-0.3, -0.25) is 14.5 Å². The summed E-state index contributed by atoms with van der Waals surface area (Å²) in [5.41, 5.74) is -0.808. The summed E-state index contributed by atoms with van der Waals surface area (Å²) in [7, 11) is 0. The lowest BCUT2D eigenvalue weighted by Crippen LogP contribution is -2.47. The van der Waals surface area contributed by atoms with E-state index in [0.29, 0.717) is 13.1 Å². The molecule has 1 atom stereocenters. The number of carbonyl (C=O) groups excluding carboxylic acids is 3. The van der Waals surface area contributed by atoms with Gasteiger partial charge in [-0.05, 0) is 38.5 Å². The minimum absolute atomic E-state index is 0.146. The van der Waals surface area contributed by atoms with Crippen molar-refractivity contribution in [2.24, 2.45) is 5.92 Å². The van der Waals surface area contributed by atoms with Crippen LogP contribution in [-0.4, -0.2) is 52.8 Å². The number of rotatable bonds is 7. The maximum atomic E-state index is 12.5. The Morgan fingerprint density at radius 1 is 1.29 bits per heavy atom. The zero-order valence-corrected chi connectivity index (χ0v) is 13.1. The summed E-state index contributed by atoms with van der Waals surface area (Å²) in [4.78, 5) is 39.6. The van der Waals surface area contributed by atoms with Crippen molar-refractivity contribution in [3.63, 3.8) is 0 Å². The minimum atomic E-state index is -0.808. The van der Waals surface area contributed by atoms with Crippen LogP contribution >= 0.6 is 0 Å². The SMILES string of the molecule is CCCN(CCC)C(=O)CN1C(=O)NC(C)(C2CC2)C1=O. The van der Waals surface area contributed by atoms with Gasteiger partial charge < -0.3 is 10.2 Å². The number of hydrogen-bond acceptors (Lipinski definition) is 3. The summed E-state index contributed by atoms with van der Waals surface area (Å²) in [6.07, 6.45) is 3.65. The number of urea groups is 1. The highest BCUT2D eigenvalue weighted by Crippen LogP contribution is 2.42. The molecular weight excluding hydrogens is 270 g/mol. The Balaban J connectivity index is 2.03. The molecule has 1 aliphatic carbocycles. The molecular formula is C15H25N3O3. The molecule has 2 aliphatic rings. The maximum Gasteiger partial charge on any atom is 0.325 e. The molecule has 0 spiro atoms. The van der Waals surface area contributed by atoms with Crippen LogP contribution in [0.2, 0.25) is 0 Å². The maximum absolute atomic E-state index is 12.5. The standard InChI is InChI=1S/C15H25N3O3/c1-4-8-17(9-5-2)12(19)10-18-13(20)15(3,11-6-7-11)16-14(18)21/h11H,4-10H2,1-3H3,(H,16,21). The van der Waals surface area contributed by atoms with Crippen LogP contribution in [0.1, 0.15) is 46.5 Å². The molecule has 0 radical (unpaired) electrons. The van der Waals surface area contributed by atoms with E-state index in [2.05, 4.69) is 5.32 Å². The van der Waals surface area contributed by atoms with E-state index in [1.165, 1.54) is 0 Å². The smallest absolute Gasteiger partial charge is 0.325 e. The molecule has 118 valence electrons. The highest BCUT2D eigenvalue weighted by Gasteiger charge is 2.56.